The molecule has 0 spiro atoms. The molecule has 1 aliphatic carbocycles. The van der Waals surface area contributed by atoms with Gasteiger partial charge in [0.15, 0.2) is 0 Å². The third kappa shape index (κ3) is 3.80. The van der Waals surface area contributed by atoms with Gasteiger partial charge < -0.3 is 5.73 Å². The van der Waals surface area contributed by atoms with Crippen molar-refractivity contribution in [2.45, 2.75) is 57.5 Å². The Labute approximate surface area is 126 Å². The Morgan fingerprint density at radius 2 is 1.81 bits per heavy atom. The molecule has 21 heavy (non-hydrogen) atoms. The van der Waals surface area contributed by atoms with E-state index in [9.17, 15) is 8.78 Å². The van der Waals surface area contributed by atoms with Crippen LogP contribution in [0.2, 0.25) is 0 Å². The summed E-state index contributed by atoms with van der Waals surface area (Å²) >= 11 is 0. The molecule has 118 valence electrons. The summed E-state index contributed by atoms with van der Waals surface area (Å²) < 4.78 is 27.3. The average Bonchev–Trinajstić information content (AvgIpc) is 2.74. The molecular formula is C17H26F2N2. The van der Waals surface area contributed by atoms with E-state index in [0.717, 1.165) is 19.4 Å². The van der Waals surface area contributed by atoms with Gasteiger partial charge in [0.1, 0.15) is 11.6 Å². The van der Waals surface area contributed by atoms with Crippen LogP contribution in [-0.2, 0) is 6.54 Å². The molecule has 1 saturated carbocycles. The number of nitrogens with two attached hydrogens (primary N) is 1. The van der Waals surface area contributed by atoms with Gasteiger partial charge in [0.2, 0.25) is 0 Å². The highest BCUT2D eigenvalue weighted by Crippen LogP contribution is 2.33. The van der Waals surface area contributed by atoms with Crippen LogP contribution in [0.4, 0.5) is 8.78 Å². The second-order valence-corrected chi connectivity index (χ2v) is 6.09. The van der Waals surface area contributed by atoms with E-state index in [1.165, 1.54) is 43.9 Å². The van der Waals surface area contributed by atoms with Crippen LogP contribution in [-0.4, -0.2) is 23.5 Å². The molecule has 2 nitrogen and oxygen atoms in total. The lowest BCUT2D eigenvalue weighted by molar-refractivity contribution is 0.0744. The van der Waals surface area contributed by atoms with Crippen LogP contribution < -0.4 is 5.73 Å². The highest BCUT2D eigenvalue weighted by atomic mass is 19.1. The fraction of sp³-hybridized carbons (Fsp3) is 0.647. The van der Waals surface area contributed by atoms with E-state index >= 15 is 0 Å². The van der Waals surface area contributed by atoms with Crippen LogP contribution in [0.5, 0.6) is 0 Å². The maximum absolute atomic E-state index is 13.9. The first kappa shape index (κ1) is 16.4. The van der Waals surface area contributed by atoms with E-state index in [1.54, 1.807) is 0 Å². The van der Waals surface area contributed by atoms with E-state index < -0.39 is 0 Å². The Bertz CT molecular complexity index is 454. The fourth-order valence-corrected chi connectivity index (χ4v) is 3.52. The average molecular weight is 296 g/mol. The summed E-state index contributed by atoms with van der Waals surface area (Å²) in [5.74, 6) is -0.722. The Balaban J connectivity index is 2.22. The number of rotatable bonds is 5. The van der Waals surface area contributed by atoms with E-state index in [0.29, 0.717) is 18.7 Å². The van der Waals surface area contributed by atoms with Gasteiger partial charge in [-0.2, -0.15) is 0 Å². The number of hydrogen-bond acceptors (Lipinski definition) is 2. The second kappa shape index (κ2) is 7.32. The van der Waals surface area contributed by atoms with Gasteiger partial charge in [-0.3, -0.25) is 4.90 Å². The van der Waals surface area contributed by atoms with Gasteiger partial charge >= 0.3 is 0 Å². The standard InChI is InChI=1S/C17H26F2N2/c1-2-21(12-14-11-15(18)7-8-16(14)19)17(13-20)9-5-3-4-6-10-17/h7-8,11H,2-6,9-10,12-13,20H2,1H3. The number of likely N-dealkylation sites (N-methyl/N-ethyl adjacent to an activating group) is 1. The molecule has 2 N–H and O–H groups in total. The van der Waals surface area contributed by atoms with Crippen molar-refractivity contribution in [3.05, 3.63) is 35.4 Å². The van der Waals surface area contributed by atoms with Gasteiger partial charge in [0.25, 0.3) is 0 Å². The molecule has 0 radical (unpaired) electrons. The van der Waals surface area contributed by atoms with Crippen LogP contribution in [0.25, 0.3) is 0 Å². The lowest BCUT2D eigenvalue weighted by Crippen LogP contribution is -2.53. The molecule has 0 bridgehead atoms. The first-order valence-corrected chi connectivity index (χ1v) is 8.00. The quantitative estimate of drug-likeness (QED) is 0.837. The van der Waals surface area contributed by atoms with Crippen molar-refractivity contribution >= 4 is 0 Å². The van der Waals surface area contributed by atoms with Crippen molar-refractivity contribution in [3.8, 4) is 0 Å². The molecule has 4 heteroatoms. The van der Waals surface area contributed by atoms with E-state index in [-0.39, 0.29) is 17.2 Å². The Hall–Kier alpha value is -1.00. The Morgan fingerprint density at radius 1 is 1.14 bits per heavy atom. The molecule has 1 fully saturated rings. The summed E-state index contributed by atoms with van der Waals surface area (Å²) in [6.45, 7) is 3.88. The second-order valence-electron chi connectivity index (χ2n) is 6.09. The summed E-state index contributed by atoms with van der Waals surface area (Å²) in [4.78, 5) is 2.25. The zero-order valence-corrected chi connectivity index (χ0v) is 12.9. The van der Waals surface area contributed by atoms with Gasteiger partial charge in [-0.25, -0.2) is 8.78 Å². The molecule has 0 saturated heterocycles. The van der Waals surface area contributed by atoms with E-state index in [4.69, 9.17) is 5.73 Å². The number of hydrogen-bond donors (Lipinski definition) is 1. The molecule has 0 aromatic heterocycles. The van der Waals surface area contributed by atoms with Crippen LogP contribution in [0, 0.1) is 11.6 Å². The van der Waals surface area contributed by atoms with Gasteiger partial charge in [0, 0.05) is 24.2 Å². The number of halogens is 2. The van der Waals surface area contributed by atoms with Crippen LogP contribution in [0.1, 0.15) is 51.0 Å². The molecule has 1 aromatic rings. The molecule has 1 aliphatic rings. The fourth-order valence-electron chi connectivity index (χ4n) is 3.52. The van der Waals surface area contributed by atoms with Gasteiger partial charge in [-0.1, -0.05) is 32.6 Å². The Morgan fingerprint density at radius 3 is 2.38 bits per heavy atom. The Kier molecular flexibility index (Phi) is 5.71. The van der Waals surface area contributed by atoms with Crippen molar-refractivity contribution < 1.29 is 8.78 Å². The smallest absolute Gasteiger partial charge is 0.127 e. The van der Waals surface area contributed by atoms with Crippen molar-refractivity contribution in [1.29, 1.82) is 0 Å². The highest BCUT2D eigenvalue weighted by Gasteiger charge is 2.35. The van der Waals surface area contributed by atoms with Gasteiger partial charge in [0.05, 0.1) is 0 Å². The lowest BCUT2D eigenvalue weighted by atomic mass is 9.87. The van der Waals surface area contributed by atoms with E-state index in [2.05, 4.69) is 11.8 Å². The third-order valence-electron chi connectivity index (χ3n) is 4.84. The zero-order chi connectivity index (χ0) is 15.3. The molecular weight excluding hydrogens is 270 g/mol. The summed E-state index contributed by atoms with van der Waals surface area (Å²) in [5.41, 5.74) is 6.46. The molecule has 0 atom stereocenters. The normalized spacial score (nSPS) is 18.7. The minimum Gasteiger partial charge on any atom is -0.329 e. The minimum absolute atomic E-state index is 0.0655. The zero-order valence-electron chi connectivity index (χ0n) is 12.9. The summed E-state index contributed by atoms with van der Waals surface area (Å²) in [7, 11) is 0. The largest absolute Gasteiger partial charge is 0.329 e. The first-order valence-electron chi connectivity index (χ1n) is 8.00. The highest BCUT2D eigenvalue weighted by molar-refractivity contribution is 5.19. The predicted molar refractivity (Wildman–Crippen MR) is 81.9 cm³/mol. The molecule has 2 rings (SSSR count). The molecule has 1 aromatic carbocycles. The van der Waals surface area contributed by atoms with Crippen LogP contribution in [0.15, 0.2) is 18.2 Å². The maximum atomic E-state index is 13.9. The van der Waals surface area contributed by atoms with Crippen molar-refractivity contribution in [2.75, 3.05) is 13.1 Å². The topological polar surface area (TPSA) is 29.3 Å². The van der Waals surface area contributed by atoms with Gasteiger partial charge in [-0.05, 0) is 37.6 Å². The molecule has 0 unspecified atom stereocenters. The van der Waals surface area contributed by atoms with Crippen molar-refractivity contribution in [2.24, 2.45) is 5.73 Å². The van der Waals surface area contributed by atoms with Crippen LogP contribution >= 0.6 is 0 Å². The summed E-state index contributed by atoms with van der Waals surface area (Å²) in [6.07, 6.45) is 6.92. The summed E-state index contributed by atoms with van der Waals surface area (Å²) in [6, 6.07) is 3.68. The number of benzene rings is 1. The lowest BCUT2D eigenvalue weighted by Gasteiger charge is -2.43. The number of nitrogens with zero attached hydrogens (tertiary/aromatic N) is 1. The summed E-state index contributed by atoms with van der Waals surface area (Å²) in [5, 5.41) is 0. The van der Waals surface area contributed by atoms with E-state index in [1.807, 2.05) is 0 Å². The monoisotopic (exact) mass is 296 g/mol. The van der Waals surface area contributed by atoms with Crippen LogP contribution in [0.3, 0.4) is 0 Å². The van der Waals surface area contributed by atoms with Crippen molar-refractivity contribution in [3.63, 3.8) is 0 Å². The SMILES string of the molecule is CCN(Cc1cc(F)ccc1F)C1(CN)CCCCCC1. The molecule has 0 heterocycles. The third-order valence-corrected chi connectivity index (χ3v) is 4.84. The molecule has 0 aliphatic heterocycles. The van der Waals surface area contributed by atoms with Crippen molar-refractivity contribution in [1.82, 2.24) is 4.90 Å². The van der Waals surface area contributed by atoms with Gasteiger partial charge in [-0.15, -0.1) is 0 Å². The predicted octanol–water partition coefficient (Wildman–Crippen LogP) is 3.84. The first-order chi connectivity index (χ1) is 10.1. The molecule has 0 amide bonds. The minimum atomic E-state index is -0.384. The maximum Gasteiger partial charge on any atom is 0.127 e.